The number of anilines is 2. The second-order valence-corrected chi connectivity index (χ2v) is 10.5. The van der Waals surface area contributed by atoms with Gasteiger partial charge in [-0.1, -0.05) is 6.07 Å². The molecule has 4 aromatic rings. The van der Waals surface area contributed by atoms with E-state index in [4.69, 9.17) is 9.72 Å². The first-order valence-electron chi connectivity index (χ1n) is 14.4. The van der Waals surface area contributed by atoms with Crippen molar-refractivity contribution < 1.29 is 19.0 Å². The van der Waals surface area contributed by atoms with Crippen LogP contribution in [0.5, 0.6) is 5.75 Å². The zero-order valence-electron chi connectivity index (χ0n) is 23.8. The Balaban J connectivity index is 1.18. The van der Waals surface area contributed by atoms with Crippen molar-refractivity contribution in [1.82, 2.24) is 29.4 Å². The minimum Gasteiger partial charge on any atom is -0.491 e. The Morgan fingerprint density at radius 3 is 2.98 bits per heavy atom. The number of hydrogen-bond acceptors (Lipinski definition) is 9. The standard InChI is InChI=1S/C30H37FN8O3/c1-38-13-9-25-28(34-20-35-29(25)38)37-26(30(40)41)10-14-39(15-16-42-24-17-22(31)18-32-19-24)12-3-2-6-23-8-7-21-5-4-11-33-27(21)36-23/h7-9,13,17-20,26H,2-6,10-12,14-16H2,1H3,(H,33,36)(H,40,41)(H,34,35,37). The highest BCUT2D eigenvalue weighted by molar-refractivity contribution is 5.89. The molecule has 0 aliphatic carbocycles. The van der Waals surface area contributed by atoms with Crippen molar-refractivity contribution in [2.45, 2.75) is 44.6 Å². The van der Waals surface area contributed by atoms with Crippen molar-refractivity contribution in [3.05, 3.63) is 66.3 Å². The Kier molecular flexibility index (Phi) is 9.75. The van der Waals surface area contributed by atoms with E-state index in [1.807, 2.05) is 23.9 Å². The first-order valence-corrected chi connectivity index (χ1v) is 14.4. The average Bonchev–Trinajstić information content (AvgIpc) is 3.38. The summed E-state index contributed by atoms with van der Waals surface area (Å²) >= 11 is 0. The Labute approximate surface area is 244 Å². The molecule has 0 radical (unpaired) electrons. The predicted molar refractivity (Wildman–Crippen MR) is 158 cm³/mol. The molecule has 1 atom stereocenters. The Morgan fingerprint density at radius 1 is 1.21 bits per heavy atom. The van der Waals surface area contributed by atoms with Gasteiger partial charge in [0.1, 0.15) is 47.8 Å². The van der Waals surface area contributed by atoms with Gasteiger partial charge >= 0.3 is 5.97 Å². The van der Waals surface area contributed by atoms with Crippen LogP contribution in [-0.4, -0.2) is 79.3 Å². The van der Waals surface area contributed by atoms with E-state index in [1.165, 1.54) is 24.2 Å². The number of ether oxygens (including phenoxy) is 1. The van der Waals surface area contributed by atoms with Gasteiger partial charge < -0.3 is 25.0 Å². The second-order valence-electron chi connectivity index (χ2n) is 10.5. The summed E-state index contributed by atoms with van der Waals surface area (Å²) in [7, 11) is 1.88. The molecule has 0 spiro atoms. The molecule has 222 valence electrons. The lowest BCUT2D eigenvalue weighted by atomic mass is 10.1. The van der Waals surface area contributed by atoms with Crippen molar-refractivity contribution in [1.29, 1.82) is 0 Å². The van der Waals surface area contributed by atoms with Crippen molar-refractivity contribution in [2.75, 3.05) is 43.4 Å². The first-order chi connectivity index (χ1) is 20.5. The lowest BCUT2D eigenvalue weighted by Gasteiger charge is -2.25. The average molecular weight is 577 g/mol. The molecule has 0 saturated heterocycles. The van der Waals surface area contributed by atoms with Crippen LogP contribution in [0.25, 0.3) is 11.0 Å². The molecule has 0 aromatic carbocycles. The van der Waals surface area contributed by atoms with E-state index in [2.05, 4.69) is 42.6 Å². The predicted octanol–water partition coefficient (Wildman–Crippen LogP) is 3.91. The SMILES string of the molecule is Cn1ccc2c(NC(CCN(CCCCc3ccc4c(n3)NCCC4)CCOc3cncc(F)c3)C(=O)O)ncnc21. The van der Waals surface area contributed by atoms with Gasteiger partial charge in [-0.15, -0.1) is 0 Å². The van der Waals surface area contributed by atoms with Crippen LogP contribution < -0.4 is 15.4 Å². The third-order valence-electron chi connectivity index (χ3n) is 7.47. The van der Waals surface area contributed by atoms with Gasteiger partial charge in [0.25, 0.3) is 0 Å². The summed E-state index contributed by atoms with van der Waals surface area (Å²) < 4.78 is 21.1. The number of carboxylic acids is 1. The summed E-state index contributed by atoms with van der Waals surface area (Å²) in [4.78, 5) is 31.6. The van der Waals surface area contributed by atoms with E-state index in [0.717, 1.165) is 73.9 Å². The Morgan fingerprint density at radius 2 is 2.12 bits per heavy atom. The topological polar surface area (TPSA) is 130 Å². The summed E-state index contributed by atoms with van der Waals surface area (Å²) in [5, 5.41) is 17.3. The van der Waals surface area contributed by atoms with Gasteiger partial charge in [-0.25, -0.2) is 24.1 Å². The molecule has 1 aliphatic rings. The second kappa shape index (κ2) is 14.0. The highest BCUT2D eigenvalue weighted by atomic mass is 19.1. The summed E-state index contributed by atoms with van der Waals surface area (Å²) in [5.74, 6) is 0.458. The number of aryl methyl sites for hydroxylation is 3. The number of aliphatic carboxylic acids is 1. The van der Waals surface area contributed by atoms with E-state index in [1.54, 1.807) is 0 Å². The van der Waals surface area contributed by atoms with Gasteiger partial charge in [0.2, 0.25) is 0 Å². The maximum Gasteiger partial charge on any atom is 0.326 e. The molecule has 0 amide bonds. The highest BCUT2D eigenvalue weighted by Gasteiger charge is 2.21. The van der Waals surface area contributed by atoms with Gasteiger partial charge in [-0.3, -0.25) is 9.88 Å². The fourth-order valence-electron chi connectivity index (χ4n) is 5.18. The zero-order chi connectivity index (χ0) is 29.3. The Hall–Kier alpha value is -4.32. The number of rotatable bonds is 15. The Bertz CT molecular complexity index is 1500. The number of carbonyl (C=O) groups is 1. The van der Waals surface area contributed by atoms with Crippen molar-refractivity contribution in [2.24, 2.45) is 7.05 Å². The number of carboxylic acid groups (broad SMARTS) is 1. The number of unbranched alkanes of at least 4 members (excludes halogenated alkanes) is 1. The summed E-state index contributed by atoms with van der Waals surface area (Å²) in [6.45, 7) is 3.13. The van der Waals surface area contributed by atoms with E-state index >= 15 is 0 Å². The number of fused-ring (bicyclic) bond motifs is 2. The smallest absolute Gasteiger partial charge is 0.326 e. The third-order valence-corrected chi connectivity index (χ3v) is 7.47. The monoisotopic (exact) mass is 576 g/mol. The van der Waals surface area contributed by atoms with E-state index in [0.29, 0.717) is 37.7 Å². The number of hydrogen-bond donors (Lipinski definition) is 3. The molecular weight excluding hydrogens is 539 g/mol. The maximum atomic E-state index is 13.5. The quantitative estimate of drug-likeness (QED) is 0.179. The molecule has 3 N–H and O–H groups in total. The van der Waals surface area contributed by atoms with E-state index < -0.39 is 17.8 Å². The van der Waals surface area contributed by atoms with Gasteiger partial charge in [-0.05, 0) is 62.8 Å². The molecule has 0 saturated carbocycles. The van der Waals surface area contributed by atoms with Gasteiger partial charge in [0.15, 0.2) is 0 Å². The lowest BCUT2D eigenvalue weighted by Crippen LogP contribution is -2.37. The summed E-state index contributed by atoms with van der Waals surface area (Å²) in [6, 6.07) is 6.62. The van der Waals surface area contributed by atoms with Gasteiger partial charge in [0, 0.05) is 44.6 Å². The van der Waals surface area contributed by atoms with E-state index in [9.17, 15) is 14.3 Å². The van der Waals surface area contributed by atoms with Crippen LogP contribution in [0.2, 0.25) is 0 Å². The molecule has 0 fully saturated rings. The van der Waals surface area contributed by atoms with Crippen molar-refractivity contribution in [3.63, 3.8) is 0 Å². The molecular formula is C30H37FN8O3. The molecule has 4 aromatic heterocycles. The number of aromatic nitrogens is 5. The highest BCUT2D eigenvalue weighted by Crippen LogP contribution is 2.22. The van der Waals surface area contributed by atoms with Crippen LogP contribution in [-0.2, 0) is 24.7 Å². The first kappa shape index (κ1) is 29.2. The minimum absolute atomic E-state index is 0.324. The molecule has 0 bridgehead atoms. The molecule has 5 heterocycles. The number of nitrogens with zero attached hydrogens (tertiary/aromatic N) is 6. The van der Waals surface area contributed by atoms with Crippen molar-refractivity contribution in [3.8, 4) is 5.75 Å². The molecule has 42 heavy (non-hydrogen) atoms. The summed E-state index contributed by atoms with van der Waals surface area (Å²) in [6.07, 6.45) is 11.2. The molecule has 11 nitrogen and oxygen atoms in total. The fourth-order valence-corrected chi connectivity index (χ4v) is 5.18. The molecule has 5 rings (SSSR count). The molecule has 1 unspecified atom stereocenters. The molecule has 1 aliphatic heterocycles. The fraction of sp³-hybridized carbons (Fsp3) is 0.433. The van der Waals surface area contributed by atoms with Gasteiger partial charge in [-0.2, -0.15) is 0 Å². The van der Waals surface area contributed by atoms with Crippen LogP contribution in [0.1, 0.15) is 36.9 Å². The van der Waals surface area contributed by atoms with Crippen LogP contribution in [0.4, 0.5) is 16.0 Å². The largest absolute Gasteiger partial charge is 0.491 e. The van der Waals surface area contributed by atoms with E-state index in [-0.39, 0.29) is 0 Å². The van der Waals surface area contributed by atoms with Crippen LogP contribution in [0.15, 0.2) is 49.2 Å². The lowest BCUT2D eigenvalue weighted by molar-refractivity contribution is -0.138. The third kappa shape index (κ3) is 7.69. The van der Waals surface area contributed by atoms with Crippen LogP contribution in [0.3, 0.4) is 0 Å². The number of pyridine rings is 2. The number of nitrogens with one attached hydrogen (secondary N) is 2. The maximum absolute atomic E-state index is 13.5. The normalized spacial score (nSPS) is 13.5. The minimum atomic E-state index is -0.952. The summed E-state index contributed by atoms with van der Waals surface area (Å²) in [5.41, 5.74) is 3.08. The van der Waals surface area contributed by atoms with Crippen molar-refractivity contribution >= 4 is 28.6 Å². The van der Waals surface area contributed by atoms with Crippen LogP contribution >= 0.6 is 0 Å². The number of halogens is 1. The molecule has 12 heteroatoms. The van der Waals surface area contributed by atoms with Crippen LogP contribution in [0, 0.1) is 5.82 Å². The zero-order valence-corrected chi connectivity index (χ0v) is 23.8. The van der Waals surface area contributed by atoms with Gasteiger partial charge in [0.05, 0.1) is 17.8 Å².